The lowest BCUT2D eigenvalue weighted by Gasteiger charge is -2.21. The Hall–Kier alpha value is -5.69. The average molecular weight is 547 g/mol. The summed E-state index contributed by atoms with van der Waals surface area (Å²) in [5.41, 5.74) is 8.65. The highest BCUT2D eigenvalue weighted by molar-refractivity contribution is 6.07. The van der Waals surface area contributed by atoms with Gasteiger partial charge in [-0.05, 0) is 84.9 Å². The van der Waals surface area contributed by atoms with Crippen molar-refractivity contribution in [1.29, 1.82) is 0 Å². The van der Waals surface area contributed by atoms with Crippen molar-refractivity contribution in [1.82, 2.24) is 19.9 Å². The van der Waals surface area contributed by atoms with Gasteiger partial charge in [0, 0.05) is 71.5 Å². The average Bonchev–Trinajstić information content (AvgIpc) is 3.47. The number of urea groups is 1. The molecule has 7 heteroatoms. The molecule has 7 rings (SSSR count). The first-order valence-corrected chi connectivity index (χ1v) is 13.8. The van der Waals surface area contributed by atoms with Crippen LogP contribution < -0.4 is 9.80 Å². The second kappa shape index (κ2) is 11.1. The van der Waals surface area contributed by atoms with Crippen molar-refractivity contribution in [2.45, 2.75) is 0 Å². The fourth-order valence-corrected chi connectivity index (χ4v) is 5.28. The number of benzene rings is 2. The third-order valence-corrected chi connectivity index (χ3v) is 7.31. The van der Waals surface area contributed by atoms with E-state index in [0.29, 0.717) is 13.1 Å². The summed E-state index contributed by atoms with van der Waals surface area (Å²) in [7, 11) is 0. The number of pyridine rings is 4. The van der Waals surface area contributed by atoms with Crippen molar-refractivity contribution in [3.8, 4) is 45.0 Å². The molecule has 7 nitrogen and oxygen atoms in total. The molecule has 4 aromatic heterocycles. The molecule has 0 N–H and O–H groups in total. The fraction of sp³-hybridized carbons (Fsp3) is 0.0571. The van der Waals surface area contributed by atoms with E-state index < -0.39 is 0 Å². The lowest BCUT2D eigenvalue weighted by molar-refractivity contribution is 0.256. The predicted octanol–water partition coefficient (Wildman–Crippen LogP) is 7.38. The summed E-state index contributed by atoms with van der Waals surface area (Å²) in [6.07, 6.45) is 7.11. The molecule has 0 aliphatic carbocycles. The summed E-state index contributed by atoms with van der Waals surface area (Å²) >= 11 is 0. The van der Waals surface area contributed by atoms with Crippen LogP contribution >= 0.6 is 0 Å². The van der Waals surface area contributed by atoms with E-state index in [0.717, 1.165) is 56.4 Å². The van der Waals surface area contributed by atoms with E-state index >= 15 is 0 Å². The zero-order valence-corrected chi connectivity index (χ0v) is 22.7. The number of carbonyl (C=O) groups excluding carboxylic acids is 1. The van der Waals surface area contributed by atoms with Crippen LogP contribution in [0.1, 0.15) is 0 Å². The maximum atomic E-state index is 14.1. The zero-order chi connectivity index (χ0) is 28.3. The van der Waals surface area contributed by atoms with Crippen LogP contribution in [-0.2, 0) is 0 Å². The number of hydrogen-bond donors (Lipinski definition) is 0. The van der Waals surface area contributed by atoms with Crippen LogP contribution in [0, 0.1) is 0 Å². The molecule has 2 aromatic carbocycles. The Labute approximate surface area is 243 Å². The van der Waals surface area contributed by atoms with Crippen LogP contribution in [0.2, 0.25) is 0 Å². The molecule has 5 heterocycles. The number of anilines is 2. The van der Waals surface area contributed by atoms with Crippen LogP contribution in [0.15, 0.2) is 134 Å². The smallest absolute Gasteiger partial charge is 0.292 e. The van der Waals surface area contributed by atoms with E-state index in [1.165, 1.54) is 0 Å². The molecule has 0 radical (unpaired) electrons. The van der Waals surface area contributed by atoms with Crippen LogP contribution in [0.4, 0.5) is 16.2 Å². The highest BCUT2D eigenvalue weighted by atomic mass is 16.2. The Morgan fingerprint density at radius 1 is 0.429 bits per heavy atom. The van der Waals surface area contributed by atoms with Crippen LogP contribution in [0.5, 0.6) is 0 Å². The summed E-state index contributed by atoms with van der Waals surface area (Å²) in [5, 5.41) is 0. The standard InChI is InChI=1S/C35H26N6O/c42-35-40(29-21-25(31-9-1-5-13-36-31)19-26(22-29)32-10-2-6-14-37-32)17-18-41(35)30-23-27(33-11-3-7-15-38-33)20-28(24-30)34-12-4-8-16-39-34/h1-16,19-24H,17-18H2. The molecule has 2 amide bonds. The van der Waals surface area contributed by atoms with Gasteiger partial charge in [0.15, 0.2) is 0 Å². The number of carbonyl (C=O) groups is 1. The first-order valence-electron chi connectivity index (χ1n) is 13.8. The Morgan fingerprint density at radius 3 is 1.00 bits per heavy atom. The van der Waals surface area contributed by atoms with E-state index in [4.69, 9.17) is 0 Å². The van der Waals surface area contributed by atoms with E-state index in [2.05, 4.69) is 32.1 Å². The number of amides is 2. The third kappa shape index (κ3) is 4.99. The van der Waals surface area contributed by atoms with Gasteiger partial charge < -0.3 is 0 Å². The van der Waals surface area contributed by atoms with Crippen molar-refractivity contribution < 1.29 is 4.79 Å². The van der Waals surface area contributed by atoms with Gasteiger partial charge in [-0.2, -0.15) is 0 Å². The molecule has 0 bridgehead atoms. The van der Waals surface area contributed by atoms with E-state index in [-0.39, 0.29) is 6.03 Å². The molecule has 1 fully saturated rings. The van der Waals surface area contributed by atoms with Gasteiger partial charge >= 0.3 is 6.03 Å². The molecule has 0 spiro atoms. The van der Waals surface area contributed by atoms with Crippen molar-refractivity contribution in [2.75, 3.05) is 22.9 Å². The molecule has 0 saturated carbocycles. The Bertz CT molecular complexity index is 1600. The van der Waals surface area contributed by atoms with Gasteiger partial charge in [-0.15, -0.1) is 0 Å². The molecular weight excluding hydrogens is 520 g/mol. The minimum atomic E-state index is -0.0923. The van der Waals surface area contributed by atoms with Crippen LogP contribution in [0.25, 0.3) is 45.0 Å². The largest absolute Gasteiger partial charge is 0.329 e. The number of rotatable bonds is 6. The van der Waals surface area contributed by atoms with Crippen LogP contribution in [0.3, 0.4) is 0 Å². The molecule has 202 valence electrons. The second-order valence-corrected chi connectivity index (χ2v) is 9.98. The monoisotopic (exact) mass is 546 g/mol. The number of nitrogens with zero attached hydrogens (tertiary/aromatic N) is 6. The van der Waals surface area contributed by atoms with E-state index in [1.54, 1.807) is 24.8 Å². The Balaban J connectivity index is 1.29. The summed E-state index contributed by atoms with van der Waals surface area (Å²) in [5.74, 6) is 0. The summed E-state index contributed by atoms with van der Waals surface area (Å²) < 4.78 is 0. The van der Waals surface area contributed by atoms with Gasteiger partial charge in [0.25, 0.3) is 0 Å². The molecule has 0 atom stereocenters. The molecule has 1 aliphatic heterocycles. The molecule has 42 heavy (non-hydrogen) atoms. The van der Waals surface area contributed by atoms with Crippen LogP contribution in [-0.4, -0.2) is 39.1 Å². The van der Waals surface area contributed by atoms with Gasteiger partial charge in [0.05, 0.1) is 22.8 Å². The Kier molecular flexibility index (Phi) is 6.66. The number of hydrogen-bond acceptors (Lipinski definition) is 5. The third-order valence-electron chi connectivity index (χ3n) is 7.31. The molecule has 6 aromatic rings. The lowest BCUT2D eigenvalue weighted by Crippen LogP contribution is -2.31. The highest BCUT2D eigenvalue weighted by Crippen LogP contribution is 2.35. The first kappa shape index (κ1) is 25.3. The minimum absolute atomic E-state index is 0.0923. The van der Waals surface area contributed by atoms with Gasteiger partial charge in [-0.1, -0.05) is 24.3 Å². The predicted molar refractivity (Wildman–Crippen MR) is 166 cm³/mol. The second-order valence-electron chi connectivity index (χ2n) is 9.98. The summed E-state index contributed by atoms with van der Waals surface area (Å²) in [6, 6.07) is 35.5. The highest BCUT2D eigenvalue weighted by Gasteiger charge is 2.32. The maximum Gasteiger partial charge on any atom is 0.329 e. The van der Waals surface area contributed by atoms with Gasteiger partial charge in [-0.25, -0.2) is 4.79 Å². The summed E-state index contributed by atoms with van der Waals surface area (Å²) in [4.78, 5) is 36.0. The van der Waals surface area contributed by atoms with Crippen molar-refractivity contribution >= 4 is 17.4 Å². The maximum absolute atomic E-state index is 14.1. The first-order chi connectivity index (χ1) is 20.7. The van der Waals surface area contributed by atoms with Gasteiger partial charge in [0.2, 0.25) is 0 Å². The molecular formula is C35H26N6O. The number of aromatic nitrogens is 4. The lowest BCUT2D eigenvalue weighted by atomic mass is 10.0. The molecule has 1 saturated heterocycles. The quantitative estimate of drug-likeness (QED) is 0.218. The van der Waals surface area contributed by atoms with Crippen molar-refractivity contribution in [3.05, 3.63) is 134 Å². The normalized spacial score (nSPS) is 13.0. The van der Waals surface area contributed by atoms with Crippen molar-refractivity contribution in [3.63, 3.8) is 0 Å². The van der Waals surface area contributed by atoms with E-state index in [1.807, 2.05) is 107 Å². The van der Waals surface area contributed by atoms with Crippen molar-refractivity contribution in [2.24, 2.45) is 0 Å². The minimum Gasteiger partial charge on any atom is -0.292 e. The SMILES string of the molecule is O=C1N(c2cc(-c3ccccn3)cc(-c3ccccn3)c2)CCN1c1cc(-c2ccccn2)cc(-c2ccccn2)c1. The van der Waals surface area contributed by atoms with Gasteiger partial charge in [0.1, 0.15) is 0 Å². The summed E-state index contributed by atoms with van der Waals surface area (Å²) in [6.45, 7) is 1.08. The Morgan fingerprint density at radius 2 is 0.738 bits per heavy atom. The molecule has 0 unspecified atom stereocenters. The molecule has 1 aliphatic rings. The van der Waals surface area contributed by atoms with Gasteiger partial charge in [-0.3, -0.25) is 29.7 Å². The zero-order valence-electron chi connectivity index (χ0n) is 22.7. The van der Waals surface area contributed by atoms with E-state index in [9.17, 15) is 4.79 Å². The topological polar surface area (TPSA) is 75.1 Å². The fourth-order valence-electron chi connectivity index (χ4n) is 5.28.